The fourth-order valence-electron chi connectivity index (χ4n) is 3.13. The van der Waals surface area contributed by atoms with E-state index < -0.39 is 0 Å². The molecular weight excluding hydrogens is 333 g/mol. The quantitative estimate of drug-likeness (QED) is 0.809. The number of carbonyl (C=O) groups excluding carboxylic acids is 1. The summed E-state index contributed by atoms with van der Waals surface area (Å²) in [6.07, 6.45) is 4.77. The third-order valence-electron chi connectivity index (χ3n) is 5.70. The molecule has 2 fully saturated rings. The van der Waals surface area contributed by atoms with Crippen molar-refractivity contribution in [1.29, 1.82) is 0 Å². The molecule has 1 aliphatic carbocycles. The van der Waals surface area contributed by atoms with Gasteiger partial charge in [0.1, 0.15) is 6.26 Å². The maximum absolute atomic E-state index is 12.2. The molecule has 0 aromatic heterocycles. The fraction of sp³-hybridized carbons (Fsp3) is 0.500. The number of hydroxylamine groups is 1. The van der Waals surface area contributed by atoms with Gasteiger partial charge in [0.15, 0.2) is 0 Å². The smallest absolute Gasteiger partial charge is 0.399 e. The normalized spacial score (nSPS) is 24.2. The Labute approximate surface area is 153 Å². The Balaban J connectivity index is 1.46. The first-order valence-electron chi connectivity index (χ1n) is 8.89. The van der Waals surface area contributed by atoms with Crippen molar-refractivity contribution in [2.75, 3.05) is 0 Å². The van der Waals surface area contributed by atoms with Crippen LogP contribution in [0.3, 0.4) is 0 Å². The number of urea groups is 1. The molecule has 4 rings (SSSR count). The second kappa shape index (κ2) is 5.66. The van der Waals surface area contributed by atoms with Gasteiger partial charge in [-0.25, -0.2) is 4.79 Å². The van der Waals surface area contributed by atoms with E-state index in [2.05, 4.69) is 10.7 Å². The highest BCUT2D eigenvalue weighted by Gasteiger charge is 2.52. The molecule has 0 unspecified atom stereocenters. The SMILES string of the molecule is CC1(C)OB(c2ccc(C3(NC(=O)N4NC=CO4)CC3)cc2)OC1(C)C. The number of hydrogen-bond donors (Lipinski definition) is 2. The summed E-state index contributed by atoms with van der Waals surface area (Å²) in [7, 11) is -0.382. The summed E-state index contributed by atoms with van der Waals surface area (Å²) < 4.78 is 12.2. The van der Waals surface area contributed by atoms with Crippen LogP contribution >= 0.6 is 0 Å². The minimum atomic E-state index is -0.382. The highest BCUT2D eigenvalue weighted by molar-refractivity contribution is 6.62. The van der Waals surface area contributed by atoms with Crippen molar-refractivity contribution in [2.45, 2.75) is 57.3 Å². The third-order valence-corrected chi connectivity index (χ3v) is 5.70. The Morgan fingerprint density at radius 2 is 1.73 bits per heavy atom. The Bertz CT molecular complexity index is 719. The number of nitrogens with zero attached hydrogens (tertiary/aromatic N) is 1. The van der Waals surface area contributed by atoms with Crippen LogP contribution in [0.15, 0.2) is 36.7 Å². The average molecular weight is 357 g/mol. The molecule has 2 heterocycles. The molecule has 0 radical (unpaired) electrons. The second-order valence-electron chi connectivity index (χ2n) is 8.05. The van der Waals surface area contributed by atoms with Crippen molar-refractivity contribution in [3.63, 3.8) is 0 Å². The first kappa shape index (κ1) is 17.2. The van der Waals surface area contributed by atoms with Crippen LogP contribution in [0, 0.1) is 0 Å². The largest absolute Gasteiger partial charge is 0.494 e. The summed E-state index contributed by atoms with van der Waals surface area (Å²) in [4.78, 5) is 17.3. The Hall–Kier alpha value is -2.19. The lowest BCUT2D eigenvalue weighted by atomic mass is 9.78. The minimum Gasteiger partial charge on any atom is -0.399 e. The molecule has 1 aromatic carbocycles. The molecule has 7 nitrogen and oxygen atoms in total. The minimum absolute atomic E-state index is 0.317. The van der Waals surface area contributed by atoms with Crippen LogP contribution in [0.1, 0.15) is 46.1 Å². The predicted molar refractivity (Wildman–Crippen MR) is 96.8 cm³/mol. The topological polar surface area (TPSA) is 72.1 Å². The van der Waals surface area contributed by atoms with E-state index >= 15 is 0 Å². The molecule has 2 aliphatic heterocycles. The molecule has 1 saturated heterocycles. The van der Waals surface area contributed by atoms with Crippen molar-refractivity contribution in [2.24, 2.45) is 0 Å². The lowest BCUT2D eigenvalue weighted by Gasteiger charge is -2.32. The van der Waals surface area contributed by atoms with Crippen LogP contribution in [0.5, 0.6) is 0 Å². The van der Waals surface area contributed by atoms with Crippen LogP contribution in [0.2, 0.25) is 0 Å². The average Bonchev–Trinajstić information content (AvgIpc) is 3.06. The maximum Gasteiger partial charge on any atom is 0.494 e. The van der Waals surface area contributed by atoms with Crippen LogP contribution in [0.4, 0.5) is 4.79 Å². The molecule has 2 N–H and O–H groups in total. The Morgan fingerprint density at radius 1 is 1.12 bits per heavy atom. The van der Waals surface area contributed by atoms with Crippen molar-refractivity contribution >= 4 is 18.6 Å². The summed E-state index contributed by atoms with van der Waals surface area (Å²) >= 11 is 0. The van der Waals surface area contributed by atoms with E-state index in [1.54, 1.807) is 6.20 Å². The van der Waals surface area contributed by atoms with Gasteiger partial charge in [-0.15, -0.1) is 0 Å². The van der Waals surface area contributed by atoms with Crippen molar-refractivity contribution in [3.8, 4) is 0 Å². The van der Waals surface area contributed by atoms with Crippen LogP contribution in [-0.4, -0.2) is 29.5 Å². The van der Waals surface area contributed by atoms with Crippen LogP contribution in [-0.2, 0) is 19.7 Å². The standard InChI is InChI=1S/C18H24BN3O4/c1-16(2)17(3,4)26-19(25-16)14-7-5-13(6-8-14)18(9-10-18)21-15(23)22-20-11-12-24-22/h5-8,11-12,20H,9-10H2,1-4H3,(H,21,23). The zero-order chi connectivity index (χ0) is 18.6. The van der Waals surface area contributed by atoms with Crippen LogP contribution < -0.4 is 16.2 Å². The molecule has 138 valence electrons. The number of hydrazine groups is 1. The van der Waals surface area contributed by atoms with Gasteiger partial charge in [0.05, 0.1) is 22.9 Å². The van der Waals surface area contributed by atoms with Crippen molar-refractivity contribution in [1.82, 2.24) is 15.9 Å². The zero-order valence-electron chi connectivity index (χ0n) is 15.5. The van der Waals surface area contributed by atoms with E-state index in [1.807, 2.05) is 52.0 Å². The highest BCUT2D eigenvalue weighted by atomic mass is 16.7. The number of amides is 2. The summed E-state index contributed by atoms with van der Waals surface area (Å²) in [5.74, 6) is 0. The van der Waals surface area contributed by atoms with Gasteiger partial charge in [-0.3, -0.25) is 5.43 Å². The number of nitrogens with one attached hydrogen (secondary N) is 2. The van der Waals surface area contributed by atoms with E-state index in [0.717, 1.165) is 29.0 Å². The van der Waals surface area contributed by atoms with Gasteiger partial charge in [-0.1, -0.05) is 29.4 Å². The Morgan fingerprint density at radius 3 is 2.23 bits per heavy atom. The molecule has 3 aliphatic rings. The molecule has 0 atom stereocenters. The molecule has 1 saturated carbocycles. The molecule has 0 bridgehead atoms. The predicted octanol–water partition coefficient (Wildman–Crippen LogP) is 1.91. The van der Waals surface area contributed by atoms with Gasteiger partial charge in [0, 0.05) is 0 Å². The van der Waals surface area contributed by atoms with Gasteiger partial charge >= 0.3 is 13.1 Å². The number of carbonyl (C=O) groups is 1. The van der Waals surface area contributed by atoms with Gasteiger partial charge < -0.3 is 19.5 Å². The first-order valence-corrected chi connectivity index (χ1v) is 8.89. The molecule has 2 amide bonds. The third kappa shape index (κ3) is 2.83. The first-order chi connectivity index (χ1) is 12.2. The van der Waals surface area contributed by atoms with E-state index in [-0.39, 0.29) is 29.9 Å². The van der Waals surface area contributed by atoms with Crippen molar-refractivity contribution in [3.05, 3.63) is 42.3 Å². The van der Waals surface area contributed by atoms with Gasteiger partial charge in [-0.2, -0.15) is 0 Å². The molecule has 1 aromatic rings. The zero-order valence-corrected chi connectivity index (χ0v) is 15.5. The molecular formula is C18H24BN3O4. The molecule has 8 heteroatoms. The van der Waals surface area contributed by atoms with E-state index in [9.17, 15) is 4.79 Å². The van der Waals surface area contributed by atoms with E-state index in [0.29, 0.717) is 0 Å². The number of rotatable bonds is 3. The highest BCUT2D eigenvalue weighted by Crippen LogP contribution is 2.45. The van der Waals surface area contributed by atoms with Gasteiger partial charge in [0.2, 0.25) is 0 Å². The molecule has 26 heavy (non-hydrogen) atoms. The van der Waals surface area contributed by atoms with E-state index in [4.69, 9.17) is 14.1 Å². The number of benzene rings is 1. The summed E-state index contributed by atoms with van der Waals surface area (Å²) in [5, 5.41) is 4.11. The Kier molecular flexibility index (Phi) is 3.75. The van der Waals surface area contributed by atoms with Gasteiger partial charge in [-0.05, 0) is 51.6 Å². The van der Waals surface area contributed by atoms with Gasteiger partial charge in [0.25, 0.3) is 0 Å². The fourth-order valence-corrected chi connectivity index (χ4v) is 3.13. The lowest BCUT2D eigenvalue weighted by Crippen LogP contribution is -2.47. The van der Waals surface area contributed by atoms with E-state index in [1.165, 1.54) is 6.26 Å². The monoisotopic (exact) mass is 357 g/mol. The van der Waals surface area contributed by atoms with Crippen LogP contribution in [0.25, 0.3) is 0 Å². The summed E-state index contributed by atoms with van der Waals surface area (Å²) in [5.41, 5.74) is 3.69. The number of hydrogen-bond acceptors (Lipinski definition) is 5. The maximum atomic E-state index is 12.2. The summed E-state index contributed by atoms with van der Waals surface area (Å²) in [6.45, 7) is 8.16. The van der Waals surface area contributed by atoms with Crippen molar-refractivity contribution < 1.29 is 18.9 Å². The summed E-state index contributed by atoms with van der Waals surface area (Å²) in [6, 6.07) is 7.77. The lowest BCUT2D eigenvalue weighted by molar-refractivity contribution is -0.0658. The molecule has 0 spiro atoms. The second-order valence-corrected chi connectivity index (χ2v) is 8.05.